The number of aromatic nitrogens is 3. The third kappa shape index (κ3) is 5.05. The molecular weight excluding hydrogens is 414 g/mol. The highest BCUT2D eigenvalue weighted by Crippen LogP contribution is 2.25. The average molecular weight is 438 g/mol. The first-order valence-electron chi connectivity index (χ1n) is 9.91. The molecule has 2 N–H and O–H groups in total. The molecule has 0 spiro atoms. The summed E-state index contributed by atoms with van der Waals surface area (Å²) in [5.41, 5.74) is 1.99. The summed E-state index contributed by atoms with van der Waals surface area (Å²) in [6, 6.07) is 14.8. The topological polar surface area (TPSA) is 98.1 Å². The van der Waals surface area contributed by atoms with Crippen LogP contribution in [0.25, 0.3) is 11.4 Å². The fourth-order valence-corrected chi connectivity index (χ4v) is 3.77. The molecule has 1 fully saturated rings. The molecule has 1 aromatic heterocycles. The number of hydrogen-bond acceptors (Lipinski definition) is 6. The van der Waals surface area contributed by atoms with Crippen molar-refractivity contribution >= 4 is 29.3 Å². The number of benzene rings is 2. The highest BCUT2D eigenvalue weighted by Gasteiger charge is 2.23. The SMILES string of the molecule is COc1ccccc1C(=O)Nc1ccc(-c2nnc(SCC(=O)NC3CC3)n2C)cc1. The van der Waals surface area contributed by atoms with Crippen molar-refractivity contribution in [1.29, 1.82) is 0 Å². The van der Waals surface area contributed by atoms with E-state index in [4.69, 9.17) is 4.74 Å². The summed E-state index contributed by atoms with van der Waals surface area (Å²) in [6.45, 7) is 0. The van der Waals surface area contributed by atoms with Crippen LogP contribution >= 0.6 is 11.8 Å². The van der Waals surface area contributed by atoms with Crippen LogP contribution in [-0.4, -0.2) is 45.5 Å². The first-order valence-corrected chi connectivity index (χ1v) is 10.9. The van der Waals surface area contributed by atoms with Crippen molar-refractivity contribution in [2.24, 2.45) is 7.05 Å². The molecule has 160 valence electrons. The van der Waals surface area contributed by atoms with Crippen molar-refractivity contribution < 1.29 is 14.3 Å². The molecule has 1 saturated carbocycles. The van der Waals surface area contributed by atoms with E-state index >= 15 is 0 Å². The van der Waals surface area contributed by atoms with E-state index in [1.165, 1.54) is 18.9 Å². The Labute approximate surface area is 184 Å². The average Bonchev–Trinajstić information content (AvgIpc) is 3.52. The Hall–Kier alpha value is -3.33. The van der Waals surface area contributed by atoms with Crippen LogP contribution in [0.5, 0.6) is 5.75 Å². The van der Waals surface area contributed by atoms with E-state index in [0.29, 0.717) is 39.8 Å². The zero-order valence-corrected chi connectivity index (χ0v) is 18.1. The van der Waals surface area contributed by atoms with Gasteiger partial charge in [0.05, 0.1) is 18.4 Å². The number of para-hydroxylation sites is 1. The van der Waals surface area contributed by atoms with Gasteiger partial charge in [-0.05, 0) is 49.2 Å². The lowest BCUT2D eigenvalue weighted by Crippen LogP contribution is -2.27. The largest absolute Gasteiger partial charge is 0.496 e. The van der Waals surface area contributed by atoms with Crippen molar-refractivity contribution in [3.63, 3.8) is 0 Å². The zero-order valence-electron chi connectivity index (χ0n) is 17.3. The summed E-state index contributed by atoms with van der Waals surface area (Å²) in [6.07, 6.45) is 2.14. The maximum atomic E-state index is 12.6. The van der Waals surface area contributed by atoms with Crippen LogP contribution in [0.4, 0.5) is 5.69 Å². The number of carbonyl (C=O) groups is 2. The van der Waals surface area contributed by atoms with E-state index in [-0.39, 0.29) is 11.8 Å². The molecule has 9 heteroatoms. The van der Waals surface area contributed by atoms with Gasteiger partial charge in [-0.2, -0.15) is 0 Å². The Kier molecular flexibility index (Phi) is 6.22. The molecule has 0 aliphatic heterocycles. The van der Waals surface area contributed by atoms with Gasteiger partial charge in [0, 0.05) is 24.3 Å². The van der Waals surface area contributed by atoms with Gasteiger partial charge in [0.25, 0.3) is 5.91 Å². The number of thioether (sulfide) groups is 1. The fraction of sp³-hybridized carbons (Fsp3) is 0.273. The highest BCUT2D eigenvalue weighted by atomic mass is 32.2. The summed E-state index contributed by atoms with van der Waals surface area (Å²) >= 11 is 1.36. The lowest BCUT2D eigenvalue weighted by atomic mass is 10.1. The number of nitrogens with one attached hydrogen (secondary N) is 2. The molecule has 3 aromatic rings. The second-order valence-electron chi connectivity index (χ2n) is 7.23. The number of nitrogens with zero attached hydrogens (tertiary/aromatic N) is 3. The lowest BCUT2D eigenvalue weighted by molar-refractivity contribution is -0.118. The van der Waals surface area contributed by atoms with Gasteiger partial charge in [-0.3, -0.25) is 9.59 Å². The fourth-order valence-electron chi connectivity index (χ4n) is 3.05. The maximum Gasteiger partial charge on any atom is 0.259 e. The molecule has 8 nitrogen and oxygen atoms in total. The Balaban J connectivity index is 1.40. The molecule has 1 heterocycles. The van der Waals surface area contributed by atoms with E-state index in [1.807, 2.05) is 41.9 Å². The molecule has 1 aliphatic carbocycles. The molecule has 1 aliphatic rings. The first-order chi connectivity index (χ1) is 15.0. The van der Waals surface area contributed by atoms with Gasteiger partial charge in [-0.1, -0.05) is 23.9 Å². The third-order valence-corrected chi connectivity index (χ3v) is 5.88. The summed E-state index contributed by atoms with van der Waals surface area (Å²) in [5, 5.41) is 15.0. The van der Waals surface area contributed by atoms with Gasteiger partial charge < -0.3 is 19.9 Å². The monoisotopic (exact) mass is 437 g/mol. The summed E-state index contributed by atoms with van der Waals surface area (Å²) in [4.78, 5) is 24.4. The first kappa shape index (κ1) is 20.9. The molecule has 2 amide bonds. The van der Waals surface area contributed by atoms with Crippen molar-refractivity contribution in [1.82, 2.24) is 20.1 Å². The van der Waals surface area contributed by atoms with E-state index < -0.39 is 0 Å². The molecular formula is C22H23N5O3S. The van der Waals surface area contributed by atoms with Crippen molar-refractivity contribution in [2.75, 3.05) is 18.2 Å². The van der Waals surface area contributed by atoms with E-state index in [0.717, 1.165) is 18.4 Å². The quantitative estimate of drug-likeness (QED) is 0.526. The van der Waals surface area contributed by atoms with Gasteiger partial charge in [0.15, 0.2) is 11.0 Å². The Morgan fingerprint density at radius 2 is 1.87 bits per heavy atom. The number of methoxy groups -OCH3 is 1. The Bertz CT molecular complexity index is 1090. The van der Waals surface area contributed by atoms with Crippen molar-refractivity contribution in [2.45, 2.75) is 24.0 Å². The van der Waals surface area contributed by atoms with Crippen LogP contribution in [0.2, 0.25) is 0 Å². The predicted octanol–water partition coefficient (Wildman–Crippen LogP) is 3.11. The normalized spacial score (nSPS) is 13.0. The number of ether oxygens (including phenoxy) is 1. The van der Waals surface area contributed by atoms with Crippen LogP contribution in [0.1, 0.15) is 23.2 Å². The second kappa shape index (κ2) is 9.22. The van der Waals surface area contributed by atoms with Crippen LogP contribution in [0, 0.1) is 0 Å². The predicted molar refractivity (Wildman–Crippen MR) is 119 cm³/mol. The minimum absolute atomic E-state index is 0.0205. The standard InChI is InChI=1S/C22H23N5O3S/c1-27-20(25-26-22(27)31-13-19(28)23-15-11-12-15)14-7-9-16(10-8-14)24-21(29)17-5-3-4-6-18(17)30-2/h3-10,15H,11-13H2,1-2H3,(H,23,28)(H,24,29). The van der Waals surface area contributed by atoms with Crippen molar-refractivity contribution in [3.05, 3.63) is 54.1 Å². The second-order valence-corrected chi connectivity index (χ2v) is 8.17. The summed E-state index contributed by atoms with van der Waals surface area (Å²) in [7, 11) is 3.40. The number of anilines is 1. The molecule has 0 saturated heterocycles. The smallest absolute Gasteiger partial charge is 0.259 e. The molecule has 0 radical (unpaired) electrons. The van der Waals surface area contributed by atoms with Crippen molar-refractivity contribution in [3.8, 4) is 17.1 Å². The number of carbonyl (C=O) groups excluding carboxylic acids is 2. The third-order valence-electron chi connectivity index (χ3n) is 4.86. The van der Waals surface area contributed by atoms with E-state index in [1.54, 1.807) is 18.2 Å². The minimum atomic E-state index is -0.244. The Morgan fingerprint density at radius 1 is 1.13 bits per heavy atom. The van der Waals surface area contributed by atoms with Gasteiger partial charge in [0.1, 0.15) is 5.75 Å². The van der Waals surface area contributed by atoms with Crippen LogP contribution in [0.3, 0.4) is 0 Å². The molecule has 4 rings (SSSR count). The summed E-state index contributed by atoms with van der Waals surface area (Å²) < 4.78 is 7.11. The Morgan fingerprint density at radius 3 is 2.58 bits per heavy atom. The van der Waals surface area contributed by atoms with Gasteiger partial charge in [-0.25, -0.2) is 0 Å². The lowest BCUT2D eigenvalue weighted by Gasteiger charge is -2.10. The highest BCUT2D eigenvalue weighted by molar-refractivity contribution is 7.99. The van der Waals surface area contributed by atoms with Gasteiger partial charge in [0.2, 0.25) is 5.91 Å². The van der Waals surface area contributed by atoms with Gasteiger partial charge in [-0.15, -0.1) is 10.2 Å². The van der Waals surface area contributed by atoms with Crippen LogP contribution in [-0.2, 0) is 11.8 Å². The van der Waals surface area contributed by atoms with Crippen LogP contribution < -0.4 is 15.4 Å². The number of rotatable bonds is 8. The van der Waals surface area contributed by atoms with E-state index in [9.17, 15) is 9.59 Å². The molecule has 31 heavy (non-hydrogen) atoms. The number of hydrogen-bond donors (Lipinski definition) is 2. The van der Waals surface area contributed by atoms with E-state index in [2.05, 4.69) is 20.8 Å². The number of amides is 2. The molecule has 2 aromatic carbocycles. The molecule has 0 atom stereocenters. The minimum Gasteiger partial charge on any atom is -0.496 e. The summed E-state index contributed by atoms with van der Waals surface area (Å²) in [5.74, 6) is 1.30. The maximum absolute atomic E-state index is 12.6. The molecule has 0 bridgehead atoms. The van der Waals surface area contributed by atoms with Crippen LogP contribution in [0.15, 0.2) is 53.7 Å². The molecule has 0 unspecified atom stereocenters. The zero-order chi connectivity index (χ0) is 21.8. The van der Waals surface area contributed by atoms with Gasteiger partial charge >= 0.3 is 0 Å².